The SMILES string of the molecule is CC(=O)Nc1nc2c(s1)CN(C(=O)c1ccc(Cl)c([N+](=O)[O-])c1)CC2. The molecule has 1 aromatic heterocycles. The summed E-state index contributed by atoms with van der Waals surface area (Å²) in [5.41, 5.74) is 0.780. The highest BCUT2D eigenvalue weighted by atomic mass is 35.5. The fraction of sp³-hybridized carbons (Fsp3) is 0.267. The van der Waals surface area contributed by atoms with Gasteiger partial charge >= 0.3 is 0 Å². The average molecular weight is 381 g/mol. The normalized spacial score (nSPS) is 13.3. The summed E-state index contributed by atoms with van der Waals surface area (Å²) in [6.07, 6.45) is 0.562. The van der Waals surface area contributed by atoms with Gasteiger partial charge in [-0.2, -0.15) is 0 Å². The molecule has 0 fully saturated rings. The average Bonchev–Trinajstić information content (AvgIpc) is 2.94. The van der Waals surface area contributed by atoms with Crippen LogP contribution in [0.5, 0.6) is 0 Å². The van der Waals surface area contributed by atoms with E-state index in [1.807, 2.05) is 0 Å². The second-order valence-corrected chi connectivity index (χ2v) is 6.96. The van der Waals surface area contributed by atoms with Crippen LogP contribution in [0.4, 0.5) is 10.8 Å². The van der Waals surface area contributed by atoms with Gasteiger partial charge in [0.25, 0.3) is 11.6 Å². The van der Waals surface area contributed by atoms with Gasteiger partial charge in [-0.15, -0.1) is 0 Å². The van der Waals surface area contributed by atoms with E-state index in [1.54, 1.807) is 4.90 Å². The molecule has 0 bridgehead atoms. The minimum Gasteiger partial charge on any atom is -0.333 e. The number of carbonyl (C=O) groups excluding carboxylic acids is 2. The summed E-state index contributed by atoms with van der Waals surface area (Å²) in [5.74, 6) is -0.507. The van der Waals surface area contributed by atoms with Crippen molar-refractivity contribution in [3.8, 4) is 0 Å². The quantitative estimate of drug-likeness (QED) is 0.651. The lowest BCUT2D eigenvalue weighted by Gasteiger charge is -2.26. The van der Waals surface area contributed by atoms with Gasteiger partial charge in [-0.1, -0.05) is 22.9 Å². The number of hydrogen-bond donors (Lipinski definition) is 1. The highest BCUT2D eigenvalue weighted by Crippen LogP contribution is 2.30. The molecular weight excluding hydrogens is 368 g/mol. The third-order valence-corrected chi connectivity index (χ3v) is 5.01. The van der Waals surface area contributed by atoms with Crippen LogP contribution in [0.3, 0.4) is 0 Å². The number of halogens is 1. The van der Waals surface area contributed by atoms with Gasteiger partial charge in [0.2, 0.25) is 5.91 Å². The number of nitrogens with one attached hydrogen (secondary N) is 1. The molecule has 1 aliphatic heterocycles. The fourth-order valence-corrected chi connectivity index (χ4v) is 3.80. The maximum Gasteiger partial charge on any atom is 0.288 e. The van der Waals surface area contributed by atoms with Gasteiger partial charge in [-0.05, 0) is 12.1 Å². The molecule has 0 radical (unpaired) electrons. The lowest BCUT2D eigenvalue weighted by atomic mass is 10.1. The van der Waals surface area contributed by atoms with Crippen LogP contribution >= 0.6 is 22.9 Å². The van der Waals surface area contributed by atoms with Gasteiger partial charge in [0.15, 0.2) is 5.13 Å². The van der Waals surface area contributed by atoms with E-state index in [0.29, 0.717) is 24.6 Å². The monoisotopic (exact) mass is 380 g/mol. The summed E-state index contributed by atoms with van der Waals surface area (Å²) in [6, 6.07) is 4.02. The van der Waals surface area contributed by atoms with Crippen molar-refractivity contribution >= 4 is 45.6 Å². The van der Waals surface area contributed by atoms with Gasteiger partial charge in [0.05, 0.1) is 17.2 Å². The molecule has 130 valence electrons. The molecule has 2 amide bonds. The number of carbonyl (C=O) groups is 2. The predicted octanol–water partition coefficient (Wildman–Crippen LogP) is 2.86. The number of nitrogens with zero attached hydrogens (tertiary/aromatic N) is 3. The number of nitro groups is 1. The van der Waals surface area contributed by atoms with E-state index in [4.69, 9.17) is 11.6 Å². The van der Waals surface area contributed by atoms with Gasteiger partial charge in [-0.25, -0.2) is 4.98 Å². The van der Waals surface area contributed by atoms with E-state index in [0.717, 1.165) is 10.6 Å². The number of anilines is 1. The second kappa shape index (κ2) is 6.77. The van der Waals surface area contributed by atoms with Gasteiger partial charge < -0.3 is 10.2 Å². The number of rotatable bonds is 3. The molecule has 2 heterocycles. The van der Waals surface area contributed by atoms with Crippen molar-refractivity contribution in [3.05, 3.63) is 49.5 Å². The van der Waals surface area contributed by atoms with Crippen molar-refractivity contribution in [1.82, 2.24) is 9.88 Å². The number of benzene rings is 1. The van der Waals surface area contributed by atoms with E-state index in [-0.39, 0.29) is 28.1 Å². The molecule has 0 atom stereocenters. The molecule has 3 rings (SSSR count). The number of fused-ring (bicyclic) bond motifs is 1. The molecule has 0 saturated carbocycles. The first-order valence-corrected chi connectivity index (χ1v) is 8.54. The van der Waals surface area contributed by atoms with Crippen LogP contribution in [-0.4, -0.2) is 33.2 Å². The van der Waals surface area contributed by atoms with Crippen molar-refractivity contribution in [3.63, 3.8) is 0 Å². The summed E-state index contributed by atoms with van der Waals surface area (Å²) in [5, 5.41) is 14.1. The Bertz CT molecular complexity index is 882. The fourth-order valence-electron chi connectivity index (χ4n) is 2.54. The minimum atomic E-state index is -0.615. The smallest absolute Gasteiger partial charge is 0.288 e. The van der Waals surface area contributed by atoms with Gasteiger partial charge in [0.1, 0.15) is 5.02 Å². The maximum atomic E-state index is 12.7. The van der Waals surface area contributed by atoms with E-state index in [1.165, 1.54) is 36.5 Å². The van der Waals surface area contributed by atoms with Crippen molar-refractivity contribution in [2.45, 2.75) is 19.9 Å². The Kier molecular flexibility index (Phi) is 4.69. The number of amides is 2. The van der Waals surface area contributed by atoms with Crippen molar-refractivity contribution in [2.24, 2.45) is 0 Å². The molecule has 8 nitrogen and oxygen atoms in total. The van der Waals surface area contributed by atoms with Crippen molar-refractivity contribution < 1.29 is 14.5 Å². The van der Waals surface area contributed by atoms with E-state index >= 15 is 0 Å². The summed E-state index contributed by atoms with van der Waals surface area (Å²) in [4.78, 5) is 41.0. The predicted molar refractivity (Wildman–Crippen MR) is 93.0 cm³/mol. The van der Waals surface area contributed by atoms with Crippen LogP contribution < -0.4 is 5.32 Å². The first-order chi connectivity index (χ1) is 11.8. The molecule has 1 aromatic carbocycles. The van der Waals surface area contributed by atoms with Crippen LogP contribution in [0, 0.1) is 10.1 Å². The van der Waals surface area contributed by atoms with E-state index in [2.05, 4.69) is 10.3 Å². The highest BCUT2D eigenvalue weighted by molar-refractivity contribution is 7.15. The molecule has 0 aliphatic carbocycles. The minimum absolute atomic E-state index is 0.00936. The number of aromatic nitrogens is 1. The zero-order valence-electron chi connectivity index (χ0n) is 13.1. The summed E-state index contributed by atoms with van der Waals surface area (Å²) < 4.78 is 0. The Hall–Kier alpha value is -2.52. The van der Waals surface area contributed by atoms with Crippen LogP contribution in [0.25, 0.3) is 0 Å². The molecule has 0 saturated heterocycles. The number of thiazole rings is 1. The second-order valence-electron chi connectivity index (χ2n) is 5.47. The number of hydrogen-bond acceptors (Lipinski definition) is 6. The third kappa shape index (κ3) is 3.62. The Labute approximate surface area is 151 Å². The van der Waals surface area contributed by atoms with Crippen LogP contribution in [0.1, 0.15) is 27.9 Å². The molecule has 2 aromatic rings. The lowest BCUT2D eigenvalue weighted by Crippen LogP contribution is -2.35. The maximum absolute atomic E-state index is 12.7. The molecule has 25 heavy (non-hydrogen) atoms. The van der Waals surface area contributed by atoms with Gasteiger partial charge in [-0.3, -0.25) is 19.7 Å². The summed E-state index contributed by atoms with van der Waals surface area (Å²) in [6.45, 7) is 2.21. The standard InChI is InChI=1S/C15H13ClN4O4S/c1-8(21)17-15-18-11-4-5-19(7-13(11)25-15)14(22)9-2-3-10(16)12(6-9)20(23)24/h2-3,6H,4-5,7H2,1H3,(H,17,18,21). The zero-order chi connectivity index (χ0) is 18.1. The van der Waals surface area contributed by atoms with Crippen LogP contribution in [-0.2, 0) is 17.8 Å². The Balaban J connectivity index is 1.80. The van der Waals surface area contributed by atoms with Crippen molar-refractivity contribution in [1.29, 1.82) is 0 Å². The highest BCUT2D eigenvalue weighted by Gasteiger charge is 2.26. The summed E-state index contributed by atoms with van der Waals surface area (Å²) in [7, 11) is 0. The Morgan fingerprint density at radius 3 is 2.88 bits per heavy atom. The van der Waals surface area contributed by atoms with Crippen LogP contribution in [0.15, 0.2) is 18.2 Å². The number of nitro benzene ring substituents is 1. The largest absolute Gasteiger partial charge is 0.333 e. The van der Waals surface area contributed by atoms with Gasteiger partial charge in [0, 0.05) is 36.4 Å². The van der Waals surface area contributed by atoms with Crippen molar-refractivity contribution in [2.75, 3.05) is 11.9 Å². The molecule has 10 heteroatoms. The molecule has 0 unspecified atom stereocenters. The lowest BCUT2D eigenvalue weighted by molar-refractivity contribution is -0.384. The first-order valence-electron chi connectivity index (χ1n) is 7.34. The molecular formula is C15H13ClN4O4S. The zero-order valence-corrected chi connectivity index (χ0v) is 14.7. The summed E-state index contributed by atoms with van der Waals surface area (Å²) >= 11 is 7.11. The Morgan fingerprint density at radius 2 is 2.20 bits per heavy atom. The molecule has 0 spiro atoms. The first kappa shape index (κ1) is 17.3. The van der Waals surface area contributed by atoms with E-state index in [9.17, 15) is 19.7 Å². The van der Waals surface area contributed by atoms with E-state index < -0.39 is 4.92 Å². The third-order valence-electron chi connectivity index (χ3n) is 3.69. The molecule has 1 N–H and O–H groups in total. The topological polar surface area (TPSA) is 105 Å². The van der Waals surface area contributed by atoms with Crippen LogP contribution in [0.2, 0.25) is 5.02 Å². The molecule has 1 aliphatic rings. The Morgan fingerprint density at radius 1 is 1.44 bits per heavy atom.